The summed E-state index contributed by atoms with van der Waals surface area (Å²) in [4.78, 5) is 12.3. The summed E-state index contributed by atoms with van der Waals surface area (Å²) in [6.07, 6.45) is 21.5. The van der Waals surface area contributed by atoms with Crippen LogP contribution in [0.2, 0.25) is 0 Å². The van der Waals surface area contributed by atoms with Crippen LogP contribution in [-0.4, -0.2) is 64.7 Å². The Kier molecular flexibility index (Phi) is 23.8. The standard InChI is InChI=1S/C34H64NO6P/c1-5-6-7-8-9-10-11-12-13-14-15-16-17-18-19-23-28-38-31-34(39-30-33-25-21-20-22-26-33)32-41-42(36,37)40-29-24-27-35(2,3)4/h20-22,25-26,34H,5-19,23-24,27-32H2,1-4H3. The Balaban J connectivity index is 2.14. The minimum atomic E-state index is -4.39. The fourth-order valence-electron chi connectivity index (χ4n) is 4.83. The van der Waals surface area contributed by atoms with Crippen molar-refractivity contribution in [2.45, 2.75) is 129 Å². The molecule has 0 fully saturated rings. The van der Waals surface area contributed by atoms with Gasteiger partial charge < -0.3 is 27.9 Å². The summed E-state index contributed by atoms with van der Waals surface area (Å²) in [5, 5.41) is 0. The number of nitrogens with zero attached hydrogens (tertiary/aromatic N) is 1. The van der Waals surface area contributed by atoms with Gasteiger partial charge in [-0.05, 0) is 12.0 Å². The lowest BCUT2D eigenvalue weighted by atomic mass is 10.0. The molecule has 0 radical (unpaired) electrons. The number of hydrogen-bond donors (Lipinski definition) is 0. The Morgan fingerprint density at radius 1 is 0.690 bits per heavy atom. The van der Waals surface area contributed by atoms with Gasteiger partial charge in [-0.3, -0.25) is 4.57 Å². The molecule has 1 aromatic rings. The Labute approximate surface area is 258 Å². The van der Waals surface area contributed by atoms with Crippen LogP contribution >= 0.6 is 7.82 Å². The number of phosphoric ester groups is 1. The molecule has 2 unspecified atom stereocenters. The van der Waals surface area contributed by atoms with Crippen molar-refractivity contribution >= 4 is 7.82 Å². The van der Waals surface area contributed by atoms with E-state index in [1.165, 1.54) is 89.9 Å². The van der Waals surface area contributed by atoms with E-state index in [4.69, 9.17) is 18.5 Å². The molecule has 1 aromatic carbocycles. The number of ether oxygens (including phenoxy) is 2. The van der Waals surface area contributed by atoms with E-state index >= 15 is 0 Å². The lowest BCUT2D eigenvalue weighted by Gasteiger charge is -2.27. The lowest BCUT2D eigenvalue weighted by molar-refractivity contribution is -0.870. The third kappa shape index (κ3) is 25.7. The molecule has 0 aliphatic heterocycles. The second-order valence-corrected chi connectivity index (χ2v) is 14.2. The van der Waals surface area contributed by atoms with Crippen LogP contribution in [0.5, 0.6) is 0 Å². The van der Waals surface area contributed by atoms with Gasteiger partial charge in [0.2, 0.25) is 0 Å². The maximum atomic E-state index is 12.3. The summed E-state index contributed by atoms with van der Waals surface area (Å²) < 4.78 is 35.0. The summed E-state index contributed by atoms with van der Waals surface area (Å²) in [6.45, 7) is 4.37. The van der Waals surface area contributed by atoms with Crippen molar-refractivity contribution in [1.82, 2.24) is 0 Å². The smallest absolute Gasteiger partial charge is 0.267 e. The zero-order chi connectivity index (χ0) is 30.8. The van der Waals surface area contributed by atoms with Gasteiger partial charge in [-0.1, -0.05) is 134 Å². The molecule has 42 heavy (non-hydrogen) atoms. The van der Waals surface area contributed by atoms with E-state index in [1.807, 2.05) is 30.3 Å². The van der Waals surface area contributed by atoms with Crippen LogP contribution in [-0.2, 0) is 29.7 Å². The molecular formula is C34H64NO6P. The van der Waals surface area contributed by atoms with Crippen LogP contribution in [0.15, 0.2) is 30.3 Å². The molecular weight excluding hydrogens is 549 g/mol. The predicted octanol–water partition coefficient (Wildman–Crippen LogP) is 8.45. The molecule has 0 saturated heterocycles. The first-order valence-corrected chi connectivity index (χ1v) is 18.3. The molecule has 0 amide bonds. The van der Waals surface area contributed by atoms with E-state index in [9.17, 15) is 9.46 Å². The molecule has 8 heteroatoms. The Hall–Kier alpha value is -0.790. The summed E-state index contributed by atoms with van der Waals surface area (Å²) >= 11 is 0. The maximum absolute atomic E-state index is 12.3. The third-order valence-electron chi connectivity index (χ3n) is 7.42. The summed E-state index contributed by atoms with van der Waals surface area (Å²) in [6, 6.07) is 9.81. The van der Waals surface area contributed by atoms with Gasteiger partial charge >= 0.3 is 0 Å². The Morgan fingerprint density at radius 3 is 1.74 bits per heavy atom. The quantitative estimate of drug-likeness (QED) is 0.0492. The van der Waals surface area contributed by atoms with Crippen molar-refractivity contribution in [3.8, 4) is 0 Å². The van der Waals surface area contributed by atoms with Crippen LogP contribution in [0.4, 0.5) is 0 Å². The van der Waals surface area contributed by atoms with E-state index in [1.54, 1.807) is 0 Å². The first-order chi connectivity index (χ1) is 20.2. The summed E-state index contributed by atoms with van der Waals surface area (Å²) in [7, 11) is 1.78. The highest BCUT2D eigenvalue weighted by molar-refractivity contribution is 7.45. The molecule has 0 heterocycles. The minimum Gasteiger partial charge on any atom is -0.756 e. The van der Waals surface area contributed by atoms with Crippen molar-refractivity contribution < 1.29 is 32.5 Å². The third-order valence-corrected chi connectivity index (χ3v) is 8.38. The van der Waals surface area contributed by atoms with E-state index in [0.29, 0.717) is 19.6 Å². The molecule has 0 aromatic heterocycles. The van der Waals surface area contributed by atoms with E-state index in [-0.39, 0.29) is 19.8 Å². The first kappa shape index (κ1) is 39.2. The van der Waals surface area contributed by atoms with Gasteiger partial charge in [-0.15, -0.1) is 0 Å². The fraction of sp³-hybridized carbons (Fsp3) is 0.824. The maximum Gasteiger partial charge on any atom is 0.267 e. The highest BCUT2D eigenvalue weighted by Crippen LogP contribution is 2.38. The molecule has 7 nitrogen and oxygen atoms in total. The molecule has 2 atom stereocenters. The molecule has 0 aliphatic carbocycles. The van der Waals surface area contributed by atoms with E-state index in [0.717, 1.165) is 29.4 Å². The number of hydrogen-bond acceptors (Lipinski definition) is 6. The van der Waals surface area contributed by atoms with E-state index in [2.05, 4.69) is 28.1 Å². The zero-order valence-electron chi connectivity index (χ0n) is 27.6. The van der Waals surface area contributed by atoms with Crippen molar-refractivity contribution in [3.63, 3.8) is 0 Å². The van der Waals surface area contributed by atoms with Gasteiger partial charge in [0.15, 0.2) is 0 Å². The van der Waals surface area contributed by atoms with Gasteiger partial charge in [0.05, 0.1) is 54.1 Å². The second-order valence-electron chi connectivity index (χ2n) is 12.7. The highest BCUT2D eigenvalue weighted by Gasteiger charge is 2.17. The molecule has 0 bridgehead atoms. The average molecular weight is 614 g/mol. The SMILES string of the molecule is CCCCCCCCCCCCCCCCCCOCC(COP(=O)([O-])OCCC[N+](C)(C)C)OCc1ccccc1. The highest BCUT2D eigenvalue weighted by atomic mass is 31.2. The van der Waals surface area contributed by atoms with Crippen LogP contribution < -0.4 is 4.89 Å². The second kappa shape index (κ2) is 25.5. The topological polar surface area (TPSA) is 77.1 Å². The van der Waals surface area contributed by atoms with Gasteiger partial charge in [-0.25, -0.2) is 0 Å². The molecule has 0 aliphatic rings. The normalized spacial score (nSPS) is 14.2. The monoisotopic (exact) mass is 613 g/mol. The summed E-state index contributed by atoms with van der Waals surface area (Å²) in [5.74, 6) is 0. The van der Waals surface area contributed by atoms with Crippen LogP contribution in [0.3, 0.4) is 0 Å². The summed E-state index contributed by atoms with van der Waals surface area (Å²) in [5.41, 5.74) is 1.02. The number of benzene rings is 1. The number of rotatable bonds is 30. The van der Waals surface area contributed by atoms with E-state index < -0.39 is 13.9 Å². The zero-order valence-corrected chi connectivity index (χ0v) is 28.5. The first-order valence-electron chi connectivity index (χ1n) is 16.9. The van der Waals surface area contributed by atoms with Crippen molar-refractivity contribution in [3.05, 3.63) is 35.9 Å². The van der Waals surface area contributed by atoms with Crippen molar-refractivity contribution in [2.75, 3.05) is 54.1 Å². The van der Waals surface area contributed by atoms with Gasteiger partial charge in [0.25, 0.3) is 7.82 Å². The van der Waals surface area contributed by atoms with Crippen LogP contribution in [0.25, 0.3) is 0 Å². The van der Waals surface area contributed by atoms with Crippen molar-refractivity contribution in [1.29, 1.82) is 0 Å². The van der Waals surface area contributed by atoms with Gasteiger partial charge in [-0.2, -0.15) is 0 Å². The number of unbranched alkanes of at least 4 members (excludes halogenated alkanes) is 15. The predicted molar refractivity (Wildman–Crippen MR) is 172 cm³/mol. The van der Waals surface area contributed by atoms with Crippen LogP contribution in [0.1, 0.15) is 122 Å². The van der Waals surface area contributed by atoms with Crippen molar-refractivity contribution in [2.24, 2.45) is 0 Å². The number of quaternary nitrogens is 1. The molecule has 0 spiro atoms. The van der Waals surface area contributed by atoms with Gasteiger partial charge in [0, 0.05) is 13.0 Å². The Morgan fingerprint density at radius 2 is 1.21 bits per heavy atom. The molecule has 1 rings (SSSR count). The van der Waals surface area contributed by atoms with Gasteiger partial charge in [0.1, 0.15) is 6.10 Å². The molecule has 0 N–H and O–H groups in total. The van der Waals surface area contributed by atoms with Crippen LogP contribution in [0, 0.1) is 0 Å². The lowest BCUT2D eigenvalue weighted by Crippen LogP contribution is -2.35. The fourth-order valence-corrected chi connectivity index (χ4v) is 5.60. The average Bonchev–Trinajstić information content (AvgIpc) is 2.96. The Bertz CT molecular complexity index is 773. The molecule has 0 saturated carbocycles. The minimum absolute atomic E-state index is 0.113. The number of phosphoric acid groups is 1. The largest absolute Gasteiger partial charge is 0.756 e. The molecule has 246 valence electrons.